The SMILES string of the molecule is C=C(Cl)CC(Cl)C=CO. The number of aliphatic hydroxyl groups is 1. The fourth-order valence-corrected chi connectivity index (χ4v) is 0.870. The number of hydrogen-bond acceptors (Lipinski definition) is 1. The molecule has 9 heavy (non-hydrogen) atoms. The molecule has 0 bridgehead atoms. The van der Waals surface area contributed by atoms with Crippen LogP contribution in [0.2, 0.25) is 0 Å². The summed E-state index contributed by atoms with van der Waals surface area (Å²) in [4.78, 5) is 0. The molecule has 0 rings (SSSR count). The molecule has 0 saturated heterocycles. The molecule has 52 valence electrons. The molecule has 0 heterocycles. The molecule has 0 amide bonds. The zero-order valence-electron chi connectivity index (χ0n) is 4.85. The minimum atomic E-state index is -0.250. The maximum Gasteiger partial charge on any atom is 0.0766 e. The topological polar surface area (TPSA) is 20.2 Å². The fraction of sp³-hybridized carbons (Fsp3) is 0.333. The first-order valence-electron chi connectivity index (χ1n) is 2.45. The summed E-state index contributed by atoms with van der Waals surface area (Å²) in [6.07, 6.45) is 2.83. The molecule has 0 aliphatic rings. The lowest BCUT2D eigenvalue weighted by atomic mass is 10.3. The molecule has 1 nitrogen and oxygen atoms in total. The van der Waals surface area contributed by atoms with E-state index in [0.717, 1.165) is 6.26 Å². The molecular formula is C6H8Cl2O. The minimum absolute atomic E-state index is 0.250. The van der Waals surface area contributed by atoms with E-state index >= 15 is 0 Å². The quantitative estimate of drug-likeness (QED) is 0.506. The van der Waals surface area contributed by atoms with Gasteiger partial charge in [0.15, 0.2) is 0 Å². The van der Waals surface area contributed by atoms with Crippen molar-refractivity contribution < 1.29 is 5.11 Å². The Labute approximate surface area is 64.6 Å². The smallest absolute Gasteiger partial charge is 0.0766 e. The van der Waals surface area contributed by atoms with Crippen molar-refractivity contribution in [2.75, 3.05) is 0 Å². The van der Waals surface area contributed by atoms with E-state index in [1.807, 2.05) is 0 Å². The van der Waals surface area contributed by atoms with Crippen molar-refractivity contribution >= 4 is 23.2 Å². The Morgan fingerprint density at radius 2 is 2.33 bits per heavy atom. The number of allylic oxidation sites excluding steroid dienone is 2. The first-order chi connectivity index (χ1) is 4.16. The second kappa shape index (κ2) is 4.71. The number of hydrogen-bond donors (Lipinski definition) is 1. The molecule has 0 aromatic heterocycles. The van der Waals surface area contributed by atoms with Crippen molar-refractivity contribution in [1.29, 1.82) is 0 Å². The first kappa shape index (κ1) is 8.86. The van der Waals surface area contributed by atoms with Crippen LogP contribution in [-0.4, -0.2) is 10.5 Å². The maximum atomic E-state index is 8.21. The van der Waals surface area contributed by atoms with E-state index in [1.165, 1.54) is 6.08 Å². The Balaban J connectivity index is 3.50. The molecule has 0 fully saturated rings. The highest BCUT2D eigenvalue weighted by atomic mass is 35.5. The van der Waals surface area contributed by atoms with Crippen molar-refractivity contribution in [3.8, 4) is 0 Å². The normalized spacial score (nSPS) is 14.0. The third-order valence-corrected chi connectivity index (χ3v) is 1.17. The monoisotopic (exact) mass is 166 g/mol. The molecule has 0 saturated carbocycles. The van der Waals surface area contributed by atoms with Gasteiger partial charge in [-0.15, -0.1) is 11.6 Å². The predicted octanol–water partition coefficient (Wildman–Crippen LogP) is 2.81. The molecule has 0 aromatic rings. The second-order valence-electron chi connectivity index (χ2n) is 1.58. The van der Waals surface area contributed by atoms with Gasteiger partial charge in [0.1, 0.15) is 0 Å². The second-order valence-corrected chi connectivity index (χ2v) is 2.67. The van der Waals surface area contributed by atoms with Crippen LogP contribution >= 0.6 is 23.2 Å². The number of rotatable bonds is 3. The fourth-order valence-electron chi connectivity index (χ4n) is 0.373. The minimum Gasteiger partial charge on any atom is -0.516 e. The summed E-state index contributed by atoms with van der Waals surface area (Å²) < 4.78 is 0. The van der Waals surface area contributed by atoms with E-state index in [0.29, 0.717) is 11.5 Å². The van der Waals surface area contributed by atoms with Gasteiger partial charge in [-0.1, -0.05) is 18.2 Å². The van der Waals surface area contributed by atoms with Gasteiger partial charge in [0.2, 0.25) is 0 Å². The predicted molar refractivity (Wildman–Crippen MR) is 41.0 cm³/mol. The zero-order chi connectivity index (χ0) is 7.28. The average Bonchev–Trinajstić information content (AvgIpc) is 1.63. The molecule has 3 heteroatoms. The molecule has 0 aromatic carbocycles. The molecule has 0 radical (unpaired) electrons. The van der Waals surface area contributed by atoms with Gasteiger partial charge in [0.05, 0.1) is 11.6 Å². The van der Waals surface area contributed by atoms with Crippen molar-refractivity contribution in [1.82, 2.24) is 0 Å². The Morgan fingerprint density at radius 1 is 1.78 bits per heavy atom. The third-order valence-electron chi connectivity index (χ3n) is 0.711. The van der Waals surface area contributed by atoms with Gasteiger partial charge in [-0.3, -0.25) is 0 Å². The summed E-state index contributed by atoms with van der Waals surface area (Å²) in [5.41, 5.74) is 0. The Kier molecular flexibility index (Phi) is 4.64. The van der Waals surface area contributed by atoms with Crippen molar-refractivity contribution in [2.45, 2.75) is 11.8 Å². The molecule has 0 aliphatic heterocycles. The van der Waals surface area contributed by atoms with Gasteiger partial charge in [0, 0.05) is 11.5 Å². The third kappa shape index (κ3) is 5.74. The first-order valence-corrected chi connectivity index (χ1v) is 3.26. The standard InChI is InChI=1S/C6H8Cl2O/c1-5(7)4-6(8)2-3-9/h2-3,6,9H,1,4H2. The maximum absolute atomic E-state index is 8.21. The van der Waals surface area contributed by atoms with Gasteiger partial charge < -0.3 is 5.11 Å². The van der Waals surface area contributed by atoms with Gasteiger partial charge in [-0.2, -0.15) is 0 Å². The van der Waals surface area contributed by atoms with Crippen LogP contribution in [-0.2, 0) is 0 Å². The number of aliphatic hydroxyl groups excluding tert-OH is 1. The molecule has 0 spiro atoms. The van der Waals surface area contributed by atoms with Gasteiger partial charge in [-0.05, 0) is 6.08 Å². The van der Waals surface area contributed by atoms with E-state index < -0.39 is 0 Å². The summed E-state index contributed by atoms with van der Waals surface area (Å²) in [7, 11) is 0. The summed E-state index contributed by atoms with van der Waals surface area (Å²) in [5.74, 6) is 0. The summed E-state index contributed by atoms with van der Waals surface area (Å²) in [6.45, 7) is 3.44. The van der Waals surface area contributed by atoms with E-state index in [9.17, 15) is 0 Å². The van der Waals surface area contributed by atoms with Crippen molar-refractivity contribution in [3.05, 3.63) is 23.9 Å². The number of alkyl halides is 1. The van der Waals surface area contributed by atoms with E-state index in [4.69, 9.17) is 28.3 Å². The van der Waals surface area contributed by atoms with Crippen LogP contribution in [0.15, 0.2) is 23.9 Å². The van der Waals surface area contributed by atoms with Gasteiger partial charge in [0.25, 0.3) is 0 Å². The van der Waals surface area contributed by atoms with Crippen LogP contribution in [0.4, 0.5) is 0 Å². The Hall–Kier alpha value is -0.140. The average molecular weight is 167 g/mol. The van der Waals surface area contributed by atoms with Crippen LogP contribution < -0.4 is 0 Å². The van der Waals surface area contributed by atoms with Crippen LogP contribution in [0.5, 0.6) is 0 Å². The van der Waals surface area contributed by atoms with E-state index in [1.54, 1.807) is 0 Å². The summed E-state index contributed by atoms with van der Waals surface area (Å²) >= 11 is 11.0. The van der Waals surface area contributed by atoms with Crippen molar-refractivity contribution in [2.24, 2.45) is 0 Å². The van der Waals surface area contributed by atoms with Crippen LogP contribution in [0, 0.1) is 0 Å². The summed E-state index contributed by atoms with van der Waals surface area (Å²) in [6, 6.07) is 0. The highest BCUT2D eigenvalue weighted by Crippen LogP contribution is 2.12. The highest BCUT2D eigenvalue weighted by Gasteiger charge is 1.99. The van der Waals surface area contributed by atoms with Crippen molar-refractivity contribution in [3.63, 3.8) is 0 Å². The van der Waals surface area contributed by atoms with E-state index in [-0.39, 0.29) is 5.38 Å². The van der Waals surface area contributed by atoms with Crippen LogP contribution in [0.1, 0.15) is 6.42 Å². The number of halogens is 2. The van der Waals surface area contributed by atoms with Gasteiger partial charge in [-0.25, -0.2) is 0 Å². The zero-order valence-corrected chi connectivity index (χ0v) is 6.36. The highest BCUT2D eigenvalue weighted by molar-refractivity contribution is 6.30. The Bertz CT molecular complexity index is 120. The Morgan fingerprint density at radius 3 is 2.67 bits per heavy atom. The molecule has 1 N–H and O–H groups in total. The summed E-state index contributed by atoms with van der Waals surface area (Å²) in [5, 5.41) is 8.46. The van der Waals surface area contributed by atoms with Crippen LogP contribution in [0.3, 0.4) is 0 Å². The molecule has 1 atom stereocenters. The van der Waals surface area contributed by atoms with E-state index in [2.05, 4.69) is 6.58 Å². The molecule has 0 aliphatic carbocycles. The largest absolute Gasteiger partial charge is 0.516 e. The molecule has 1 unspecified atom stereocenters. The molecular weight excluding hydrogens is 159 g/mol. The van der Waals surface area contributed by atoms with Crippen LogP contribution in [0.25, 0.3) is 0 Å². The lowest BCUT2D eigenvalue weighted by Gasteiger charge is -1.98. The lowest BCUT2D eigenvalue weighted by Crippen LogP contribution is -1.91. The lowest BCUT2D eigenvalue weighted by molar-refractivity contribution is 0.471. The van der Waals surface area contributed by atoms with Gasteiger partial charge >= 0.3 is 0 Å².